The number of hydrogen-bond donors (Lipinski definition) is 1. The van der Waals surface area contributed by atoms with Gasteiger partial charge in [-0.1, -0.05) is 6.42 Å². The lowest BCUT2D eigenvalue weighted by atomic mass is 9.84. The fraction of sp³-hybridized carbons (Fsp3) is 0.909. The van der Waals surface area contributed by atoms with E-state index < -0.39 is 0 Å². The summed E-state index contributed by atoms with van der Waals surface area (Å²) in [5.41, 5.74) is 5.48. The molecule has 2 aliphatic rings. The molecule has 2 aliphatic carbocycles. The van der Waals surface area contributed by atoms with E-state index >= 15 is 0 Å². The molecule has 0 saturated heterocycles. The summed E-state index contributed by atoms with van der Waals surface area (Å²) in [6.07, 6.45) is 6.85. The number of hydrogen-bond acceptors (Lipinski definition) is 2. The van der Waals surface area contributed by atoms with Crippen molar-refractivity contribution in [3.8, 4) is 0 Å². The molecule has 2 fully saturated rings. The number of nitrogens with two attached hydrogens (primary N) is 1. The van der Waals surface area contributed by atoms with Crippen molar-refractivity contribution in [1.29, 1.82) is 0 Å². The van der Waals surface area contributed by atoms with Gasteiger partial charge in [0, 0.05) is 18.5 Å². The predicted molar refractivity (Wildman–Crippen MR) is 55.7 cm³/mol. The molecular formula is C11H20N2O. The number of carbonyl (C=O) groups is 1. The van der Waals surface area contributed by atoms with Crippen molar-refractivity contribution in [2.45, 2.75) is 44.6 Å². The first kappa shape index (κ1) is 9.97. The van der Waals surface area contributed by atoms with E-state index in [0.717, 1.165) is 25.8 Å². The molecule has 0 radical (unpaired) electrons. The zero-order chi connectivity index (χ0) is 9.97. The van der Waals surface area contributed by atoms with E-state index in [0.29, 0.717) is 24.4 Å². The van der Waals surface area contributed by atoms with Gasteiger partial charge in [0.25, 0.3) is 0 Å². The molecule has 0 aromatic carbocycles. The fourth-order valence-electron chi connectivity index (χ4n) is 2.01. The van der Waals surface area contributed by atoms with Crippen LogP contribution in [0.1, 0.15) is 38.5 Å². The van der Waals surface area contributed by atoms with Crippen molar-refractivity contribution >= 4 is 5.91 Å². The quantitative estimate of drug-likeness (QED) is 0.716. The summed E-state index contributed by atoms with van der Waals surface area (Å²) in [6.45, 7) is 1.58. The predicted octanol–water partition coefficient (Wildman–Crippen LogP) is 1.13. The van der Waals surface area contributed by atoms with Crippen molar-refractivity contribution in [3.63, 3.8) is 0 Å². The Kier molecular flexibility index (Phi) is 3.06. The van der Waals surface area contributed by atoms with Crippen LogP contribution in [0.25, 0.3) is 0 Å². The van der Waals surface area contributed by atoms with E-state index in [2.05, 4.69) is 4.90 Å². The summed E-state index contributed by atoms with van der Waals surface area (Å²) >= 11 is 0. The topological polar surface area (TPSA) is 46.3 Å². The van der Waals surface area contributed by atoms with Crippen LogP contribution in [0.15, 0.2) is 0 Å². The highest BCUT2D eigenvalue weighted by Crippen LogP contribution is 2.33. The lowest BCUT2D eigenvalue weighted by molar-refractivity contribution is -0.138. The van der Waals surface area contributed by atoms with Crippen molar-refractivity contribution in [3.05, 3.63) is 0 Å². The van der Waals surface area contributed by atoms with Crippen molar-refractivity contribution in [2.75, 3.05) is 13.1 Å². The lowest BCUT2D eigenvalue weighted by Crippen LogP contribution is -2.41. The fourth-order valence-corrected chi connectivity index (χ4v) is 2.01. The van der Waals surface area contributed by atoms with E-state index in [1.165, 1.54) is 19.3 Å². The van der Waals surface area contributed by atoms with Gasteiger partial charge in [0.15, 0.2) is 0 Å². The molecule has 2 N–H and O–H groups in total. The number of nitrogens with zero attached hydrogens (tertiary/aromatic N) is 1. The molecule has 0 bridgehead atoms. The maximum absolute atomic E-state index is 12.0. The molecule has 0 heterocycles. The zero-order valence-corrected chi connectivity index (χ0v) is 8.74. The SMILES string of the molecule is NCCCN(C(=O)C1CCC1)C1CC1. The Morgan fingerprint density at radius 3 is 2.43 bits per heavy atom. The molecule has 0 atom stereocenters. The molecule has 0 aromatic heterocycles. The minimum atomic E-state index is 0.355. The van der Waals surface area contributed by atoms with Crippen LogP contribution in [0, 0.1) is 5.92 Å². The molecule has 0 unspecified atom stereocenters. The number of carbonyl (C=O) groups excluding carboxylic acids is 1. The minimum Gasteiger partial charge on any atom is -0.339 e. The maximum Gasteiger partial charge on any atom is 0.225 e. The van der Waals surface area contributed by atoms with Crippen LogP contribution in [-0.4, -0.2) is 29.9 Å². The van der Waals surface area contributed by atoms with Crippen molar-refractivity contribution in [2.24, 2.45) is 11.7 Å². The van der Waals surface area contributed by atoms with Crippen LogP contribution in [0.2, 0.25) is 0 Å². The second kappa shape index (κ2) is 4.30. The van der Waals surface area contributed by atoms with E-state index in [4.69, 9.17) is 5.73 Å². The Balaban J connectivity index is 1.84. The smallest absolute Gasteiger partial charge is 0.225 e. The molecule has 14 heavy (non-hydrogen) atoms. The van der Waals surface area contributed by atoms with Crippen LogP contribution in [0.4, 0.5) is 0 Å². The summed E-state index contributed by atoms with van der Waals surface area (Å²) in [4.78, 5) is 14.1. The van der Waals surface area contributed by atoms with Crippen LogP contribution in [-0.2, 0) is 4.79 Å². The lowest BCUT2D eigenvalue weighted by Gasteiger charge is -2.31. The van der Waals surface area contributed by atoms with Gasteiger partial charge < -0.3 is 10.6 Å². The Labute approximate surface area is 85.6 Å². The Bertz CT molecular complexity index is 209. The van der Waals surface area contributed by atoms with Crippen molar-refractivity contribution in [1.82, 2.24) is 4.90 Å². The third kappa shape index (κ3) is 2.08. The maximum atomic E-state index is 12.0. The molecule has 2 saturated carbocycles. The van der Waals surface area contributed by atoms with Gasteiger partial charge in [0.1, 0.15) is 0 Å². The molecule has 2 rings (SSSR count). The largest absolute Gasteiger partial charge is 0.339 e. The van der Waals surface area contributed by atoms with E-state index in [9.17, 15) is 4.79 Å². The molecule has 0 aliphatic heterocycles. The van der Waals surface area contributed by atoms with Crippen LogP contribution in [0.5, 0.6) is 0 Å². The van der Waals surface area contributed by atoms with Crippen LogP contribution < -0.4 is 5.73 Å². The highest BCUT2D eigenvalue weighted by Gasteiger charge is 2.37. The van der Waals surface area contributed by atoms with Gasteiger partial charge in [-0.15, -0.1) is 0 Å². The second-order valence-corrected chi connectivity index (χ2v) is 4.53. The Morgan fingerprint density at radius 1 is 1.29 bits per heavy atom. The molecule has 0 spiro atoms. The van der Waals surface area contributed by atoms with E-state index in [1.54, 1.807) is 0 Å². The van der Waals surface area contributed by atoms with E-state index in [-0.39, 0.29) is 0 Å². The van der Waals surface area contributed by atoms with Crippen molar-refractivity contribution < 1.29 is 4.79 Å². The van der Waals surface area contributed by atoms with Gasteiger partial charge in [-0.25, -0.2) is 0 Å². The van der Waals surface area contributed by atoms with Crippen LogP contribution >= 0.6 is 0 Å². The standard InChI is InChI=1S/C11H20N2O/c12-7-2-8-13(10-5-6-10)11(14)9-3-1-4-9/h9-10H,1-8,12H2. The molecule has 80 valence electrons. The van der Waals surface area contributed by atoms with Crippen LogP contribution in [0.3, 0.4) is 0 Å². The average molecular weight is 196 g/mol. The van der Waals surface area contributed by atoms with Gasteiger partial charge in [-0.2, -0.15) is 0 Å². The first-order valence-corrected chi connectivity index (χ1v) is 5.83. The van der Waals surface area contributed by atoms with Gasteiger partial charge in [0.05, 0.1) is 0 Å². The first-order chi connectivity index (χ1) is 6.83. The summed E-state index contributed by atoms with van der Waals surface area (Å²) in [6, 6.07) is 0.564. The summed E-state index contributed by atoms with van der Waals surface area (Å²) in [5, 5.41) is 0. The minimum absolute atomic E-state index is 0.355. The Morgan fingerprint density at radius 2 is 2.00 bits per heavy atom. The van der Waals surface area contributed by atoms with Gasteiger partial charge >= 0.3 is 0 Å². The van der Waals surface area contributed by atoms with Gasteiger partial charge in [0.2, 0.25) is 5.91 Å². The average Bonchev–Trinajstić information content (AvgIpc) is 2.85. The van der Waals surface area contributed by atoms with Gasteiger partial charge in [-0.05, 0) is 38.6 Å². The zero-order valence-electron chi connectivity index (χ0n) is 8.74. The molecule has 0 aromatic rings. The molecule has 3 nitrogen and oxygen atoms in total. The third-order valence-electron chi connectivity index (χ3n) is 3.33. The molecular weight excluding hydrogens is 176 g/mol. The van der Waals surface area contributed by atoms with Gasteiger partial charge in [-0.3, -0.25) is 4.79 Å². The monoisotopic (exact) mass is 196 g/mol. The Hall–Kier alpha value is -0.570. The second-order valence-electron chi connectivity index (χ2n) is 4.53. The number of amides is 1. The summed E-state index contributed by atoms with van der Waals surface area (Å²) in [7, 11) is 0. The highest BCUT2D eigenvalue weighted by atomic mass is 16.2. The normalized spacial score (nSPS) is 21.8. The molecule has 3 heteroatoms. The highest BCUT2D eigenvalue weighted by molar-refractivity contribution is 5.80. The third-order valence-corrected chi connectivity index (χ3v) is 3.33. The number of rotatable bonds is 5. The summed E-state index contributed by atoms with van der Waals surface area (Å²) in [5.74, 6) is 0.764. The summed E-state index contributed by atoms with van der Waals surface area (Å²) < 4.78 is 0. The first-order valence-electron chi connectivity index (χ1n) is 5.83. The molecule has 1 amide bonds. The van der Waals surface area contributed by atoms with E-state index in [1.807, 2.05) is 0 Å².